The molecule has 0 radical (unpaired) electrons. The van der Waals surface area contributed by atoms with Crippen LogP contribution in [-0.4, -0.2) is 53.5 Å². The van der Waals surface area contributed by atoms with E-state index in [0.717, 1.165) is 18.4 Å². The van der Waals surface area contributed by atoms with Gasteiger partial charge < -0.3 is 19.7 Å². The van der Waals surface area contributed by atoms with E-state index in [9.17, 15) is 9.59 Å². The third kappa shape index (κ3) is 4.74. The Bertz CT molecular complexity index is 835. The molecule has 2 fully saturated rings. The number of hydrogen-bond acceptors (Lipinski definition) is 5. The van der Waals surface area contributed by atoms with E-state index in [2.05, 4.69) is 10.3 Å². The second kappa shape index (κ2) is 9.05. The number of pyridine rings is 1. The molecule has 2 aromatic rings. The molecular formula is C22H25N3O4. The van der Waals surface area contributed by atoms with Crippen LogP contribution in [0, 0.1) is 0 Å². The number of ether oxygens (including phenoxy) is 2. The van der Waals surface area contributed by atoms with Gasteiger partial charge >= 0.3 is 0 Å². The summed E-state index contributed by atoms with van der Waals surface area (Å²) in [7, 11) is 0. The molecule has 1 atom stereocenters. The topological polar surface area (TPSA) is 80.8 Å². The summed E-state index contributed by atoms with van der Waals surface area (Å²) >= 11 is 0. The van der Waals surface area contributed by atoms with Gasteiger partial charge in [-0.05, 0) is 37.0 Å². The van der Waals surface area contributed by atoms with Crippen molar-refractivity contribution in [2.45, 2.75) is 38.0 Å². The van der Waals surface area contributed by atoms with E-state index in [0.29, 0.717) is 38.5 Å². The van der Waals surface area contributed by atoms with E-state index in [-0.39, 0.29) is 23.6 Å². The molecule has 0 spiro atoms. The highest BCUT2D eigenvalue weighted by Crippen LogP contribution is 2.21. The molecule has 1 unspecified atom stereocenters. The largest absolute Gasteiger partial charge is 0.487 e. The smallest absolute Gasteiger partial charge is 0.270 e. The fourth-order valence-corrected chi connectivity index (χ4v) is 3.77. The van der Waals surface area contributed by atoms with Crippen LogP contribution in [0.5, 0.6) is 5.75 Å². The summed E-state index contributed by atoms with van der Waals surface area (Å²) in [5.41, 5.74) is 1.33. The maximum absolute atomic E-state index is 12.7. The average molecular weight is 395 g/mol. The Morgan fingerprint density at radius 1 is 1.14 bits per heavy atom. The number of rotatable bonds is 6. The van der Waals surface area contributed by atoms with E-state index in [1.165, 1.54) is 6.20 Å². The molecule has 1 aromatic carbocycles. The highest BCUT2D eigenvalue weighted by Gasteiger charge is 2.37. The van der Waals surface area contributed by atoms with Crippen molar-refractivity contribution in [3.8, 4) is 5.75 Å². The predicted molar refractivity (Wildman–Crippen MR) is 106 cm³/mol. The third-order valence-corrected chi connectivity index (χ3v) is 5.39. The summed E-state index contributed by atoms with van der Waals surface area (Å²) in [5.74, 6) is 0.243. The molecule has 152 valence electrons. The number of nitrogens with zero attached hydrogens (tertiary/aromatic N) is 2. The van der Waals surface area contributed by atoms with Crippen LogP contribution >= 0.6 is 0 Å². The van der Waals surface area contributed by atoms with Crippen molar-refractivity contribution < 1.29 is 19.1 Å². The quantitative estimate of drug-likeness (QED) is 0.811. The van der Waals surface area contributed by atoms with Crippen LogP contribution < -0.4 is 10.1 Å². The normalized spacial score (nSPS) is 19.9. The van der Waals surface area contributed by atoms with Crippen molar-refractivity contribution in [2.24, 2.45) is 0 Å². The van der Waals surface area contributed by atoms with Crippen LogP contribution in [0.2, 0.25) is 0 Å². The van der Waals surface area contributed by atoms with Crippen LogP contribution in [0.3, 0.4) is 0 Å². The minimum Gasteiger partial charge on any atom is -0.487 e. The van der Waals surface area contributed by atoms with Crippen LogP contribution in [0.1, 0.15) is 35.3 Å². The van der Waals surface area contributed by atoms with Gasteiger partial charge in [-0.15, -0.1) is 0 Å². The fraction of sp³-hybridized carbons (Fsp3) is 0.409. The highest BCUT2D eigenvalue weighted by molar-refractivity contribution is 5.96. The monoisotopic (exact) mass is 395 g/mol. The second-order valence-electron chi connectivity index (χ2n) is 7.34. The molecule has 0 aliphatic carbocycles. The average Bonchev–Trinajstić information content (AvgIpc) is 3.14. The van der Waals surface area contributed by atoms with Crippen molar-refractivity contribution in [1.82, 2.24) is 15.2 Å². The molecule has 2 aliphatic heterocycles. The molecule has 3 heterocycles. The molecule has 2 aliphatic rings. The van der Waals surface area contributed by atoms with Crippen LogP contribution in [0.4, 0.5) is 0 Å². The maximum Gasteiger partial charge on any atom is 0.270 e. The minimum absolute atomic E-state index is 0.00642. The molecule has 7 nitrogen and oxygen atoms in total. The zero-order valence-corrected chi connectivity index (χ0v) is 16.3. The fourth-order valence-electron chi connectivity index (χ4n) is 3.77. The van der Waals surface area contributed by atoms with Gasteiger partial charge in [0.25, 0.3) is 5.91 Å². The SMILES string of the molecule is O=C(NC1CCN(C2CCOCC2)C1=O)c1ccc(OCc2ccccc2)cn1. The lowest BCUT2D eigenvalue weighted by Gasteiger charge is -2.31. The standard InChI is InChI=1S/C22H25N3O4/c26-21(24-20-8-11-25(22(20)27)17-9-12-28-13-10-17)19-7-6-18(14-23-19)29-15-16-4-2-1-3-5-16/h1-7,14,17,20H,8-13,15H2,(H,24,26). The Hall–Kier alpha value is -2.93. The first-order valence-electron chi connectivity index (χ1n) is 10.0. The lowest BCUT2D eigenvalue weighted by molar-refractivity contribution is -0.132. The summed E-state index contributed by atoms with van der Waals surface area (Å²) in [6.45, 7) is 2.49. The summed E-state index contributed by atoms with van der Waals surface area (Å²) in [4.78, 5) is 31.3. The molecule has 2 amide bonds. The van der Waals surface area contributed by atoms with Gasteiger partial charge in [0.2, 0.25) is 5.91 Å². The second-order valence-corrected chi connectivity index (χ2v) is 7.34. The third-order valence-electron chi connectivity index (χ3n) is 5.39. The molecule has 0 bridgehead atoms. The van der Waals surface area contributed by atoms with Gasteiger partial charge in [0.05, 0.1) is 6.20 Å². The van der Waals surface area contributed by atoms with E-state index >= 15 is 0 Å². The molecule has 4 rings (SSSR count). The first-order valence-corrected chi connectivity index (χ1v) is 10.0. The number of aromatic nitrogens is 1. The number of nitrogens with one attached hydrogen (secondary N) is 1. The van der Waals surface area contributed by atoms with E-state index in [1.54, 1.807) is 12.1 Å². The van der Waals surface area contributed by atoms with Gasteiger partial charge in [-0.1, -0.05) is 30.3 Å². The zero-order chi connectivity index (χ0) is 20.1. The molecule has 2 saturated heterocycles. The summed E-state index contributed by atoms with van der Waals surface area (Å²) < 4.78 is 11.1. The van der Waals surface area contributed by atoms with Crippen molar-refractivity contribution in [3.63, 3.8) is 0 Å². The molecule has 1 N–H and O–H groups in total. The first kappa shape index (κ1) is 19.4. The van der Waals surface area contributed by atoms with Crippen LogP contribution in [-0.2, 0) is 16.1 Å². The Morgan fingerprint density at radius 2 is 1.93 bits per heavy atom. The number of likely N-dealkylation sites (tertiary alicyclic amines) is 1. The van der Waals surface area contributed by atoms with Gasteiger partial charge in [0.15, 0.2) is 0 Å². The van der Waals surface area contributed by atoms with Crippen molar-refractivity contribution >= 4 is 11.8 Å². The minimum atomic E-state index is -0.485. The molecule has 1 aromatic heterocycles. The number of carbonyl (C=O) groups excluding carboxylic acids is 2. The molecule has 29 heavy (non-hydrogen) atoms. The summed E-state index contributed by atoms with van der Waals surface area (Å²) in [6.07, 6.45) is 3.87. The van der Waals surface area contributed by atoms with Gasteiger partial charge in [-0.25, -0.2) is 4.98 Å². The van der Waals surface area contributed by atoms with Crippen molar-refractivity contribution in [2.75, 3.05) is 19.8 Å². The van der Waals surface area contributed by atoms with E-state index in [1.807, 2.05) is 35.2 Å². The van der Waals surface area contributed by atoms with Crippen LogP contribution in [0.25, 0.3) is 0 Å². The Kier molecular flexibility index (Phi) is 6.05. The summed E-state index contributed by atoms with van der Waals surface area (Å²) in [6, 6.07) is 12.9. The Labute approximate surface area is 170 Å². The van der Waals surface area contributed by atoms with E-state index in [4.69, 9.17) is 9.47 Å². The molecule has 0 saturated carbocycles. The van der Waals surface area contributed by atoms with Gasteiger partial charge in [-0.3, -0.25) is 9.59 Å². The lowest BCUT2D eigenvalue weighted by Crippen LogP contribution is -2.46. The Balaban J connectivity index is 1.30. The van der Waals surface area contributed by atoms with Crippen molar-refractivity contribution in [1.29, 1.82) is 0 Å². The van der Waals surface area contributed by atoms with Gasteiger partial charge in [0.1, 0.15) is 24.1 Å². The molecule has 7 heteroatoms. The number of benzene rings is 1. The maximum atomic E-state index is 12.7. The van der Waals surface area contributed by atoms with Gasteiger partial charge in [0, 0.05) is 25.8 Å². The van der Waals surface area contributed by atoms with Gasteiger partial charge in [-0.2, -0.15) is 0 Å². The number of amides is 2. The zero-order valence-electron chi connectivity index (χ0n) is 16.3. The van der Waals surface area contributed by atoms with E-state index < -0.39 is 6.04 Å². The summed E-state index contributed by atoms with van der Waals surface area (Å²) in [5, 5.41) is 2.83. The highest BCUT2D eigenvalue weighted by atomic mass is 16.5. The predicted octanol–water partition coefficient (Wildman–Crippen LogP) is 2.17. The number of hydrogen-bond donors (Lipinski definition) is 1. The number of carbonyl (C=O) groups is 2. The Morgan fingerprint density at radius 3 is 2.66 bits per heavy atom. The first-order chi connectivity index (χ1) is 14.2. The van der Waals surface area contributed by atoms with Crippen molar-refractivity contribution in [3.05, 3.63) is 59.9 Å². The lowest BCUT2D eigenvalue weighted by atomic mass is 10.1. The molecular weight excluding hydrogens is 370 g/mol. The van der Waals surface area contributed by atoms with Crippen LogP contribution in [0.15, 0.2) is 48.7 Å².